The van der Waals surface area contributed by atoms with Gasteiger partial charge >= 0.3 is 11.6 Å². The fourth-order valence-electron chi connectivity index (χ4n) is 2.53. The molecule has 2 heterocycles. The topological polar surface area (TPSA) is 90.0 Å². The van der Waals surface area contributed by atoms with E-state index < -0.39 is 11.6 Å². The summed E-state index contributed by atoms with van der Waals surface area (Å²) in [6.07, 6.45) is 1.88. The average molecular weight is 362 g/mol. The minimum Gasteiger partial charge on any atom is -0.471 e. The van der Waals surface area contributed by atoms with E-state index in [2.05, 4.69) is 22.0 Å². The molecule has 0 aliphatic carbocycles. The standard InChI is InChI=1S/C20H14N2O5/c1-3-26-20(25)16(21-2)10-14-8-13-9-15-12(11-17(13)27-19(14)24)6-4-5-7-18(23)22-15/h8-11H,3,5,7H2,1H3,(H,22,23)/b16-10+. The van der Waals surface area contributed by atoms with Crippen molar-refractivity contribution >= 4 is 34.6 Å². The number of fused-ring (bicyclic) bond motifs is 2. The molecular formula is C20H14N2O5. The second kappa shape index (κ2) is 7.59. The first-order valence-electron chi connectivity index (χ1n) is 8.18. The normalized spacial score (nSPS) is 13.3. The van der Waals surface area contributed by atoms with Crippen LogP contribution in [-0.2, 0) is 14.3 Å². The number of amides is 1. The molecule has 1 aliphatic rings. The van der Waals surface area contributed by atoms with E-state index in [9.17, 15) is 14.4 Å². The van der Waals surface area contributed by atoms with Gasteiger partial charge in [-0.05, 0) is 31.2 Å². The fraction of sp³-hybridized carbons (Fsp3) is 0.200. The van der Waals surface area contributed by atoms with Crippen molar-refractivity contribution in [2.75, 3.05) is 11.9 Å². The predicted molar refractivity (Wildman–Crippen MR) is 98.4 cm³/mol. The van der Waals surface area contributed by atoms with Crippen LogP contribution in [0.4, 0.5) is 5.69 Å². The fourth-order valence-corrected chi connectivity index (χ4v) is 2.53. The first-order chi connectivity index (χ1) is 13.0. The first-order valence-corrected chi connectivity index (χ1v) is 8.18. The van der Waals surface area contributed by atoms with Crippen molar-refractivity contribution in [2.24, 2.45) is 0 Å². The van der Waals surface area contributed by atoms with Crippen molar-refractivity contribution in [1.82, 2.24) is 0 Å². The Balaban J connectivity index is 2.13. The minimum atomic E-state index is -0.812. The van der Waals surface area contributed by atoms with Crippen LogP contribution in [0, 0.1) is 18.4 Å². The maximum absolute atomic E-state index is 12.2. The average Bonchev–Trinajstić information content (AvgIpc) is 2.62. The molecule has 27 heavy (non-hydrogen) atoms. The molecule has 0 unspecified atom stereocenters. The van der Waals surface area contributed by atoms with Crippen LogP contribution >= 0.6 is 0 Å². The van der Waals surface area contributed by atoms with Gasteiger partial charge in [0.15, 0.2) is 0 Å². The highest BCUT2D eigenvalue weighted by Gasteiger charge is 2.15. The number of esters is 1. The van der Waals surface area contributed by atoms with Gasteiger partial charge in [0, 0.05) is 18.2 Å². The number of carbonyl (C=O) groups is 2. The van der Waals surface area contributed by atoms with E-state index in [0.29, 0.717) is 35.1 Å². The maximum Gasteiger partial charge on any atom is 0.342 e. The lowest BCUT2D eigenvalue weighted by molar-refractivity contribution is -0.138. The Morgan fingerprint density at radius 1 is 1.41 bits per heavy atom. The zero-order valence-electron chi connectivity index (χ0n) is 14.4. The summed E-state index contributed by atoms with van der Waals surface area (Å²) in [5.41, 5.74) is 0.365. The molecule has 0 spiro atoms. The highest BCUT2D eigenvalue weighted by atomic mass is 16.5. The van der Waals surface area contributed by atoms with Crippen molar-refractivity contribution in [2.45, 2.75) is 19.8 Å². The molecule has 1 amide bonds. The van der Waals surface area contributed by atoms with Crippen LogP contribution in [0.2, 0.25) is 0 Å². The molecule has 1 aromatic carbocycles. The molecule has 0 radical (unpaired) electrons. The quantitative estimate of drug-likeness (QED) is 0.298. The molecule has 0 saturated heterocycles. The molecule has 2 aromatic rings. The molecule has 1 aromatic heterocycles. The van der Waals surface area contributed by atoms with Crippen LogP contribution in [0.15, 0.2) is 33.1 Å². The monoisotopic (exact) mass is 362 g/mol. The Morgan fingerprint density at radius 2 is 2.22 bits per heavy atom. The van der Waals surface area contributed by atoms with Gasteiger partial charge in [0.2, 0.25) is 5.91 Å². The molecule has 0 bridgehead atoms. The zero-order valence-corrected chi connectivity index (χ0v) is 14.4. The van der Waals surface area contributed by atoms with Gasteiger partial charge in [-0.15, -0.1) is 0 Å². The van der Waals surface area contributed by atoms with Crippen LogP contribution in [-0.4, -0.2) is 18.5 Å². The summed E-state index contributed by atoms with van der Waals surface area (Å²) in [5, 5.41) is 3.30. The SMILES string of the molecule is [C-]#[N+]/C(=C/c1cc2cc3c(cc2oc1=O)C#CCCC(=O)N3)C(=O)OCC. The van der Waals surface area contributed by atoms with Gasteiger partial charge in [-0.25, -0.2) is 9.64 Å². The van der Waals surface area contributed by atoms with E-state index in [-0.39, 0.29) is 23.8 Å². The minimum absolute atomic E-state index is 0.0322. The van der Waals surface area contributed by atoms with Crippen LogP contribution in [0.5, 0.6) is 0 Å². The van der Waals surface area contributed by atoms with Gasteiger partial charge in [0.1, 0.15) is 5.58 Å². The Kier molecular flexibility index (Phi) is 5.05. The molecular weight excluding hydrogens is 348 g/mol. The highest BCUT2D eigenvalue weighted by molar-refractivity contribution is 5.98. The highest BCUT2D eigenvalue weighted by Crippen LogP contribution is 2.25. The molecule has 3 rings (SSSR count). The van der Waals surface area contributed by atoms with Gasteiger partial charge in [0.05, 0.1) is 30.0 Å². The first kappa shape index (κ1) is 18.0. The van der Waals surface area contributed by atoms with E-state index in [1.54, 1.807) is 19.1 Å². The van der Waals surface area contributed by atoms with E-state index >= 15 is 0 Å². The van der Waals surface area contributed by atoms with Gasteiger partial charge in [-0.2, -0.15) is 0 Å². The summed E-state index contributed by atoms with van der Waals surface area (Å²) in [6.45, 7) is 8.84. The lowest BCUT2D eigenvalue weighted by atomic mass is 10.1. The van der Waals surface area contributed by atoms with Gasteiger partial charge in [-0.1, -0.05) is 11.8 Å². The second-order valence-corrected chi connectivity index (χ2v) is 5.64. The van der Waals surface area contributed by atoms with E-state index in [4.69, 9.17) is 15.7 Å². The molecule has 1 aliphatic heterocycles. The Labute approximate surface area is 154 Å². The van der Waals surface area contributed by atoms with E-state index in [1.807, 2.05) is 0 Å². The second-order valence-electron chi connectivity index (χ2n) is 5.64. The molecule has 0 atom stereocenters. The van der Waals surface area contributed by atoms with Gasteiger partial charge in [0.25, 0.3) is 5.70 Å². The number of hydrogen-bond donors (Lipinski definition) is 1. The van der Waals surface area contributed by atoms with Crippen LogP contribution in [0.3, 0.4) is 0 Å². The number of anilines is 1. The molecule has 7 heteroatoms. The Bertz CT molecular complexity index is 1140. The van der Waals surface area contributed by atoms with Crippen LogP contribution in [0.25, 0.3) is 21.9 Å². The summed E-state index contributed by atoms with van der Waals surface area (Å²) in [6, 6.07) is 4.72. The number of nitrogens with one attached hydrogen (secondary N) is 1. The molecule has 0 saturated carbocycles. The summed E-state index contributed by atoms with van der Waals surface area (Å²) in [5.74, 6) is 4.88. The number of ether oxygens (including phenoxy) is 1. The molecule has 0 fully saturated rings. The van der Waals surface area contributed by atoms with E-state index in [0.717, 1.165) is 6.08 Å². The number of nitrogens with zero attached hydrogens (tertiary/aromatic N) is 1. The maximum atomic E-state index is 12.2. The lowest BCUT2D eigenvalue weighted by Crippen LogP contribution is -2.13. The van der Waals surface area contributed by atoms with Crippen molar-refractivity contribution in [3.8, 4) is 11.8 Å². The lowest BCUT2D eigenvalue weighted by Gasteiger charge is -2.10. The van der Waals surface area contributed by atoms with Gasteiger partial charge < -0.3 is 14.5 Å². The number of carbonyl (C=O) groups excluding carboxylic acids is 2. The third-order valence-corrected chi connectivity index (χ3v) is 3.77. The van der Waals surface area contributed by atoms with Crippen LogP contribution in [0.1, 0.15) is 30.9 Å². The number of hydrogen-bond acceptors (Lipinski definition) is 5. The molecule has 7 nitrogen and oxygen atoms in total. The van der Waals surface area contributed by atoms with Crippen molar-refractivity contribution in [3.05, 3.63) is 56.9 Å². The largest absolute Gasteiger partial charge is 0.471 e. The smallest absolute Gasteiger partial charge is 0.342 e. The zero-order chi connectivity index (χ0) is 19.4. The number of rotatable bonds is 3. The van der Waals surface area contributed by atoms with E-state index in [1.165, 1.54) is 6.07 Å². The number of benzene rings is 1. The van der Waals surface area contributed by atoms with Crippen molar-refractivity contribution in [3.63, 3.8) is 0 Å². The van der Waals surface area contributed by atoms with Gasteiger partial charge in [-0.3, -0.25) is 9.59 Å². The Morgan fingerprint density at radius 3 is 2.96 bits per heavy atom. The third-order valence-electron chi connectivity index (χ3n) is 3.77. The predicted octanol–water partition coefficient (Wildman–Crippen LogP) is 2.70. The van der Waals surface area contributed by atoms with Crippen molar-refractivity contribution < 1.29 is 18.7 Å². The summed E-state index contributed by atoms with van der Waals surface area (Å²) >= 11 is 0. The Hall–Kier alpha value is -3.84. The summed E-state index contributed by atoms with van der Waals surface area (Å²) in [7, 11) is 0. The van der Waals surface area contributed by atoms with Crippen molar-refractivity contribution in [1.29, 1.82) is 0 Å². The third kappa shape index (κ3) is 3.88. The summed E-state index contributed by atoms with van der Waals surface area (Å²) < 4.78 is 10.1. The van der Waals surface area contributed by atoms with Crippen LogP contribution < -0.4 is 10.9 Å². The molecule has 134 valence electrons. The summed E-state index contributed by atoms with van der Waals surface area (Å²) in [4.78, 5) is 38.9. The molecule has 1 N–H and O–H groups in total.